The van der Waals surface area contributed by atoms with E-state index >= 15 is 0 Å². The van der Waals surface area contributed by atoms with Gasteiger partial charge in [0.15, 0.2) is 0 Å². The Balaban J connectivity index is 1.87. The van der Waals surface area contributed by atoms with Gasteiger partial charge in [0.25, 0.3) is 0 Å². The van der Waals surface area contributed by atoms with E-state index < -0.39 is 0 Å². The average molecular weight is 312 g/mol. The van der Waals surface area contributed by atoms with Gasteiger partial charge in [-0.25, -0.2) is 0 Å². The highest BCUT2D eigenvalue weighted by molar-refractivity contribution is 9.10. The van der Waals surface area contributed by atoms with Gasteiger partial charge in [-0.15, -0.1) is 0 Å². The van der Waals surface area contributed by atoms with E-state index in [0.29, 0.717) is 23.3 Å². The van der Waals surface area contributed by atoms with Gasteiger partial charge in [-0.2, -0.15) is 10.2 Å². The van der Waals surface area contributed by atoms with Crippen LogP contribution in [0.25, 0.3) is 0 Å². The summed E-state index contributed by atoms with van der Waals surface area (Å²) in [5.74, 6) is 0.646. The lowest BCUT2D eigenvalue weighted by Crippen LogP contribution is -2.14. The minimum absolute atomic E-state index is 0.0330. The first-order valence-corrected chi connectivity index (χ1v) is 6.31. The van der Waals surface area contributed by atoms with E-state index in [1.165, 1.54) is 0 Å². The molecule has 0 bridgehead atoms. The second-order valence-electron chi connectivity index (χ2n) is 4.05. The molecule has 7 heteroatoms. The van der Waals surface area contributed by atoms with Gasteiger partial charge in [-0.05, 0) is 27.9 Å². The number of aromatic nitrogens is 4. The quantitative estimate of drug-likeness (QED) is 0.930. The van der Waals surface area contributed by atoms with Gasteiger partial charge < -0.3 is 5.32 Å². The van der Waals surface area contributed by atoms with Crippen LogP contribution < -0.4 is 5.32 Å². The van der Waals surface area contributed by atoms with E-state index in [1.807, 2.05) is 13.2 Å². The monoisotopic (exact) mass is 311 g/mol. The summed E-state index contributed by atoms with van der Waals surface area (Å²) in [5, 5.41) is 11.0. The third-order valence-electron chi connectivity index (χ3n) is 2.52. The first-order chi connectivity index (χ1) is 8.54. The summed E-state index contributed by atoms with van der Waals surface area (Å²) in [7, 11) is 3.64. The Hall–Kier alpha value is -1.63. The van der Waals surface area contributed by atoms with E-state index in [0.717, 1.165) is 5.56 Å². The minimum Gasteiger partial charge on any atom is -0.311 e. The summed E-state index contributed by atoms with van der Waals surface area (Å²) in [6.45, 7) is 0. The predicted molar refractivity (Wildman–Crippen MR) is 71.1 cm³/mol. The summed E-state index contributed by atoms with van der Waals surface area (Å²) >= 11 is 3.26. The number of rotatable bonds is 4. The molecule has 2 heterocycles. The third kappa shape index (κ3) is 3.19. The maximum Gasteiger partial charge on any atom is 0.225 e. The standard InChI is InChI=1S/C11H14BrN5O/c1-16-7-8(6-13-16)3-4-11(18)14-10-5-9(12)15-17(10)2/h5-7H,3-4H2,1-2H3,(H,14,18). The number of anilines is 1. The molecule has 0 spiro atoms. The van der Waals surface area contributed by atoms with Crippen LogP contribution in [0.15, 0.2) is 23.1 Å². The van der Waals surface area contributed by atoms with Crippen LogP contribution in [-0.2, 0) is 25.3 Å². The van der Waals surface area contributed by atoms with Gasteiger partial charge in [0, 0.05) is 32.8 Å². The van der Waals surface area contributed by atoms with Crippen LogP contribution in [0, 0.1) is 0 Å². The molecule has 2 aromatic heterocycles. The van der Waals surface area contributed by atoms with Crippen molar-refractivity contribution in [3.63, 3.8) is 0 Å². The Morgan fingerprint density at radius 2 is 2.28 bits per heavy atom. The molecule has 0 aliphatic carbocycles. The molecular formula is C11H14BrN5O. The number of amides is 1. The van der Waals surface area contributed by atoms with Crippen LogP contribution in [-0.4, -0.2) is 25.5 Å². The molecule has 18 heavy (non-hydrogen) atoms. The molecule has 0 atom stereocenters. The molecule has 2 rings (SSSR count). The van der Waals surface area contributed by atoms with Gasteiger partial charge in [0.1, 0.15) is 10.4 Å². The fourth-order valence-corrected chi connectivity index (χ4v) is 2.07. The lowest BCUT2D eigenvalue weighted by Gasteiger charge is -2.04. The SMILES string of the molecule is Cn1cc(CCC(=O)Nc2cc(Br)nn2C)cn1. The van der Waals surface area contributed by atoms with Crippen molar-refractivity contribution in [2.75, 3.05) is 5.32 Å². The number of halogens is 1. The van der Waals surface area contributed by atoms with Crippen molar-refractivity contribution in [3.8, 4) is 0 Å². The average Bonchev–Trinajstić information content (AvgIpc) is 2.83. The molecule has 0 radical (unpaired) electrons. The number of hydrogen-bond acceptors (Lipinski definition) is 3. The van der Waals surface area contributed by atoms with Crippen LogP contribution in [0.4, 0.5) is 5.82 Å². The number of nitrogens with zero attached hydrogens (tertiary/aromatic N) is 4. The third-order valence-corrected chi connectivity index (χ3v) is 2.90. The lowest BCUT2D eigenvalue weighted by atomic mass is 10.2. The summed E-state index contributed by atoms with van der Waals surface area (Å²) < 4.78 is 4.05. The van der Waals surface area contributed by atoms with Crippen molar-refractivity contribution in [1.82, 2.24) is 19.6 Å². The van der Waals surface area contributed by atoms with E-state index in [1.54, 1.807) is 28.7 Å². The molecule has 0 aliphatic rings. The van der Waals surface area contributed by atoms with Crippen molar-refractivity contribution >= 4 is 27.7 Å². The van der Waals surface area contributed by atoms with Crippen molar-refractivity contribution < 1.29 is 4.79 Å². The Morgan fingerprint density at radius 3 is 2.83 bits per heavy atom. The molecule has 0 fully saturated rings. The van der Waals surface area contributed by atoms with Crippen LogP contribution in [0.1, 0.15) is 12.0 Å². The summed E-state index contributed by atoms with van der Waals surface area (Å²) in [5.41, 5.74) is 1.05. The zero-order valence-corrected chi connectivity index (χ0v) is 11.8. The Kier molecular flexibility index (Phi) is 3.81. The van der Waals surface area contributed by atoms with Crippen molar-refractivity contribution in [2.45, 2.75) is 12.8 Å². The molecule has 1 amide bonds. The van der Waals surface area contributed by atoms with Crippen molar-refractivity contribution in [2.24, 2.45) is 14.1 Å². The number of nitrogens with one attached hydrogen (secondary N) is 1. The molecule has 2 aromatic rings. The molecule has 0 saturated heterocycles. The fraction of sp³-hybridized carbons (Fsp3) is 0.364. The van der Waals surface area contributed by atoms with Crippen molar-refractivity contribution in [3.05, 3.63) is 28.6 Å². The van der Waals surface area contributed by atoms with E-state index in [9.17, 15) is 4.79 Å². The maximum absolute atomic E-state index is 11.8. The Labute approximate surface area is 113 Å². The van der Waals surface area contributed by atoms with Crippen LogP contribution in [0.2, 0.25) is 0 Å². The predicted octanol–water partition coefficient (Wildman–Crippen LogP) is 1.49. The first kappa shape index (κ1) is 12.8. The van der Waals surface area contributed by atoms with Gasteiger partial charge >= 0.3 is 0 Å². The second-order valence-corrected chi connectivity index (χ2v) is 4.86. The molecule has 0 unspecified atom stereocenters. The molecule has 96 valence electrons. The molecule has 0 aromatic carbocycles. The van der Waals surface area contributed by atoms with Crippen LogP contribution >= 0.6 is 15.9 Å². The Morgan fingerprint density at radius 1 is 1.50 bits per heavy atom. The van der Waals surface area contributed by atoms with Gasteiger partial charge in [0.05, 0.1) is 6.20 Å². The number of aryl methyl sites for hydroxylation is 3. The zero-order chi connectivity index (χ0) is 13.1. The fourth-order valence-electron chi connectivity index (χ4n) is 1.61. The normalized spacial score (nSPS) is 10.6. The van der Waals surface area contributed by atoms with E-state index in [4.69, 9.17) is 0 Å². The Bertz CT molecular complexity index is 560. The highest BCUT2D eigenvalue weighted by Crippen LogP contribution is 2.14. The molecule has 1 N–H and O–H groups in total. The van der Waals surface area contributed by atoms with E-state index in [2.05, 4.69) is 31.4 Å². The summed E-state index contributed by atoms with van der Waals surface area (Å²) in [6, 6.07) is 1.77. The summed E-state index contributed by atoms with van der Waals surface area (Å²) in [4.78, 5) is 11.8. The van der Waals surface area contributed by atoms with E-state index in [-0.39, 0.29) is 5.91 Å². The topological polar surface area (TPSA) is 64.7 Å². The zero-order valence-electron chi connectivity index (χ0n) is 10.2. The molecule has 0 saturated carbocycles. The van der Waals surface area contributed by atoms with Gasteiger partial charge in [-0.1, -0.05) is 0 Å². The van der Waals surface area contributed by atoms with Crippen molar-refractivity contribution in [1.29, 1.82) is 0 Å². The van der Waals surface area contributed by atoms with Gasteiger partial charge in [0.2, 0.25) is 5.91 Å². The second kappa shape index (κ2) is 5.34. The largest absolute Gasteiger partial charge is 0.311 e. The number of hydrogen-bond donors (Lipinski definition) is 1. The highest BCUT2D eigenvalue weighted by Gasteiger charge is 2.08. The maximum atomic E-state index is 11.8. The number of carbonyl (C=O) groups is 1. The summed E-state index contributed by atoms with van der Waals surface area (Å²) in [6.07, 6.45) is 4.79. The molecule has 0 aliphatic heterocycles. The van der Waals surface area contributed by atoms with Gasteiger partial charge in [-0.3, -0.25) is 14.2 Å². The highest BCUT2D eigenvalue weighted by atomic mass is 79.9. The molecular weight excluding hydrogens is 298 g/mol. The smallest absolute Gasteiger partial charge is 0.225 e. The van der Waals surface area contributed by atoms with Crippen LogP contribution in [0.3, 0.4) is 0 Å². The molecule has 6 nitrogen and oxygen atoms in total. The number of carbonyl (C=O) groups excluding carboxylic acids is 1. The van der Waals surface area contributed by atoms with Crippen LogP contribution in [0.5, 0.6) is 0 Å². The minimum atomic E-state index is -0.0330. The first-order valence-electron chi connectivity index (χ1n) is 5.51. The lowest BCUT2D eigenvalue weighted by molar-refractivity contribution is -0.116.